The van der Waals surface area contributed by atoms with Crippen LogP contribution in [0.1, 0.15) is 0 Å². The highest BCUT2D eigenvalue weighted by Gasteiger charge is 2.23. The van der Waals surface area contributed by atoms with Gasteiger partial charge in [0.15, 0.2) is 0 Å². The van der Waals surface area contributed by atoms with Gasteiger partial charge >= 0.3 is 0 Å². The highest BCUT2D eigenvalue weighted by Crippen LogP contribution is 2.39. The lowest BCUT2D eigenvalue weighted by molar-refractivity contribution is -0.384. The summed E-state index contributed by atoms with van der Waals surface area (Å²) in [5.41, 5.74) is 3.42. The van der Waals surface area contributed by atoms with E-state index in [9.17, 15) is 10.1 Å². The molecule has 0 fully saturated rings. The predicted octanol–water partition coefficient (Wildman–Crippen LogP) is 5.05. The Morgan fingerprint density at radius 1 is 1.20 bits per heavy atom. The van der Waals surface area contributed by atoms with Crippen LogP contribution in [0.25, 0.3) is 22.2 Å². The van der Waals surface area contributed by atoms with Crippen LogP contribution in [0.2, 0.25) is 0 Å². The van der Waals surface area contributed by atoms with E-state index in [1.165, 1.54) is 13.2 Å². The minimum atomic E-state index is -0.397. The molecule has 0 saturated heterocycles. The summed E-state index contributed by atoms with van der Waals surface area (Å²) in [6.07, 6.45) is 3.54. The van der Waals surface area contributed by atoms with E-state index < -0.39 is 4.92 Å². The number of nitro groups is 1. The average Bonchev–Trinajstić information content (AvgIpc) is 3.27. The summed E-state index contributed by atoms with van der Waals surface area (Å²) in [4.78, 5) is 27.7. The fourth-order valence-corrected chi connectivity index (χ4v) is 4.16. The largest absolute Gasteiger partial charge is 0.494 e. The second-order valence-corrected chi connectivity index (χ2v) is 9.14. The molecule has 0 aliphatic rings. The number of likely N-dealkylation sites (N-methyl/N-ethyl adjacent to an activating group) is 2. The van der Waals surface area contributed by atoms with Crippen LogP contribution < -0.4 is 15.0 Å². The minimum absolute atomic E-state index is 0.0384. The van der Waals surface area contributed by atoms with Gasteiger partial charge in [0.2, 0.25) is 5.95 Å². The van der Waals surface area contributed by atoms with Crippen LogP contribution in [0.3, 0.4) is 0 Å². The molecule has 11 heteroatoms. The number of aromatic amines is 1. The van der Waals surface area contributed by atoms with Crippen molar-refractivity contribution in [2.45, 2.75) is 0 Å². The second kappa shape index (κ2) is 10.3. The lowest BCUT2D eigenvalue weighted by Crippen LogP contribution is -2.28. The molecule has 0 spiro atoms. The van der Waals surface area contributed by atoms with Crippen LogP contribution in [0.5, 0.6) is 5.75 Å². The summed E-state index contributed by atoms with van der Waals surface area (Å²) in [6, 6.07) is 11.1. The average molecular weight is 540 g/mol. The SMILES string of the molecule is COc1cc(N(C)CCN(C)C)c([N+](=O)[O-])cc1Nc1ncc(Br)c(-c2c[nH]c3ccccc23)n1. The second-order valence-electron chi connectivity index (χ2n) is 8.29. The summed E-state index contributed by atoms with van der Waals surface area (Å²) < 4.78 is 6.29. The monoisotopic (exact) mass is 539 g/mol. The van der Waals surface area contributed by atoms with E-state index in [2.05, 4.69) is 36.2 Å². The van der Waals surface area contributed by atoms with E-state index >= 15 is 0 Å². The number of nitro benzene ring substituents is 1. The zero-order chi connectivity index (χ0) is 25.1. The number of rotatable bonds is 9. The van der Waals surface area contributed by atoms with Crippen molar-refractivity contribution in [2.24, 2.45) is 0 Å². The molecular weight excluding hydrogens is 514 g/mol. The Labute approximate surface area is 211 Å². The van der Waals surface area contributed by atoms with Gasteiger partial charge in [-0.1, -0.05) is 18.2 Å². The fraction of sp³-hybridized carbons (Fsp3) is 0.250. The number of nitrogens with zero attached hydrogens (tertiary/aromatic N) is 5. The van der Waals surface area contributed by atoms with Gasteiger partial charge in [0, 0.05) is 61.1 Å². The van der Waals surface area contributed by atoms with Crippen molar-refractivity contribution in [2.75, 3.05) is 51.6 Å². The molecule has 2 aromatic carbocycles. The van der Waals surface area contributed by atoms with Crippen molar-refractivity contribution >= 4 is 49.8 Å². The maximum Gasteiger partial charge on any atom is 0.294 e. The number of hydrogen-bond donors (Lipinski definition) is 2. The maximum absolute atomic E-state index is 11.9. The summed E-state index contributed by atoms with van der Waals surface area (Å²) in [7, 11) is 7.26. The molecule has 2 aromatic heterocycles. The van der Waals surface area contributed by atoms with Crippen molar-refractivity contribution in [1.29, 1.82) is 0 Å². The number of anilines is 3. The Balaban J connectivity index is 1.71. The molecule has 2 heterocycles. The minimum Gasteiger partial charge on any atom is -0.494 e. The Bertz CT molecular complexity index is 1370. The first-order valence-electron chi connectivity index (χ1n) is 10.9. The number of aromatic nitrogens is 3. The molecule has 0 amide bonds. The number of methoxy groups -OCH3 is 1. The maximum atomic E-state index is 11.9. The van der Waals surface area contributed by atoms with Crippen LogP contribution in [0, 0.1) is 10.1 Å². The van der Waals surface area contributed by atoms with Crippen LogP contribution in [-0.2, 0) is 0 Å². The Morgan fingerprint density at radius 3 is 2.69 bits per heavy atom. The van der Waals surface area contributed by atoms with Crippen LogP contribution in [0.15, 0.2) is 53.3 Å². The molecule has 0 atom stereocenters. The van der Waals surface area contributed by atoms with Gasteiger partial charge in [-0.15, -0.1) is 0 Å². The van der Waals surface area contributed by atoms with Crippen molar-refractivity contribution < 1.29 is 9.66 Å². The van der Waals surface area contributed by atoms with Gasteiger partial charge in [-0.25, -0.2) is 9.97 Å². The first-order valence-corrected chi connectivity index (χ1v) is 11.7. The van der Waals surface area contributed by atoms with Crippen LogP contribution in [-0.4, -0.2) is 66.1 Å². The first-order chi connectivity index (χ1) is 16.8. The molecule has 0 saturated carbocycles. The molecule has 0 bridgehead atoms. The van der Waals surface area contributed by atoms with Gasteiger partial charge in [-0.2, -0.15) is 0 Å². The molecule has 35 heavy (non-hydrogen) atoms. The van der Waals surface area contributed by atoms with E-state index in [4.69, 9.17) is 4.74 Å². The van der Waals surface area contributed by atoms with Crippen molar-refractivity contribution in [1.82, 2.24) is 19.9 Å². The molecule has 2 N–H and O–H groups in total. The van der Waals surface area contributed by atoms with E-state index in [0.29, 0.717) is 29.4 Å². The third-order valence-electron chi connectivity index (χ3n) is 5.62. The molecular formula is C24H26BrN7O3. The summed E-state index contributed by atoms with van der Waals surface area (Å²) in [6.45, 7) is 1.37. The van der Waals surface area contributed by atoms with Crippen LogP contribution >= 0.6 is 15.9 Å². The number of para-hydroxylation sites is 1. The number of ether oxygens (including phenoxy) is 1. The Kier molecular flexibility index (Phi) is 7.17. The van der Waals surface area contributed by atoms with Crippen molar-refractivity contribution in [3.05, 3.63) is 63.4 Å². The third kappa shape index (κ3) is 5.20. The van der Waals surface area contributed by atoms with E-state index in [0.717, 1.165) is 27.5 Å². The van der Waals surface area contributed by atoms with Gasteiger partial charge in [0.05, 0.1) is 27.9 Å². The smallest absolute Gasteiger partial charge is 0.294 e. The fourth-order valence-electron chi connectivity index (χ4n) is 3.75. The molecule has 0 aliphatic heterocycles. The number of benzene rings is 2. The Hall–Kier alpha value is -3.70. The number of hydrogen-bond acceptors (Lipinski definition) is 8. The molecule has 182 valence electrons. The topological polar surface area (TPSA) is 112 Å². The molecule has 4 aromatic rings. The van der Waals surface area contributed by atoms with Crippen molar-refractivity contribution in [3.8, 4) is 17.0 Å². The van der Waals surface area contributed by atoms with E-state index in [1.54, 1.807) is 12.3 Å². The van der Waals surface area contributed by atoms with E-state index in [-0.39, 0.29) is 11.6 Å². The molecule has 0 radical (unpaired) electrons. The highest BCUT2D eigenvalue weighted by atomic mass is 79.9. The number of H-pyrrole nitrogens is 1. The number of halogens is 1. The molecule has 0 unspecified atom stereocenters. The summed E-state index contributed by atoms with van der Waals surface area (Å²) in [5, 5.41) is 16.0. The highest BCUT2D eigenvalue weighted by molar-refractivity contribution is 9.10. The molecule has 0 aliphatic carbocycles. The summed E-state index contributed by atoms with van der Waals surface area (Å²) >= 11 is 3.54. The Morgan fingerprint density at radius 2 is 1.97 bits per heavy atom. The normalized spacial score (nSPS) is 11.1. The van der Waals surface area contributed by atoms with Gasteiger partial charge in [0.1, 0.15) is 11.4 Å². The first kappa shape index (κ1) is 24.4. The van der Waals surface area contributed by atoms with E-state index in [1.807, 2.05) is 61.4 Å². The lowest BCUT2D eigenvalue weighted by atomic mass is 10.1. The zero-order valence-corrected chi connectivity index (χ0v) is 21.5. The van der Waals surface area contributed by atoms with Crippen LogP contribution in [0.4, 0.5) is 23.0 Å². The van der Waals surface area contributed by atoms with Crippen molar-refractivity contribution in [3.63, 3.8) is 0 Å². The van der Waals surface area contributed by atoms with Gasteiger partial charge in [-0.3, -0.25) is 10.1 Å². The van der Waals surface area contributed by atoms with Gasteiger partial charge in [0.25, 0.3) is 5.69 Å². The quantitative estimate of drug-likeness (QED) is 0.224. The molecule has 4 rings (SSSR count). The van der Waals surface area contributed by atoms with Gasteiger partial charge in [-0.05, 0) is 36.1 Å². The predicted molar refractivity (Wildman–Crippen MR) is 142 cm³/mol. The molecule has 10 nitrogen and oxygen atoms in total. The number of nitrogens with one attached hydrogen (secondary N) is 2. The zero-order valence-electron chi connectivity index (χ0n) is 19.9. The summed E-state index contributed by atoms with van der Waals surface area (Å²) in [5.74, 6) is 0.734. The standard InChI is InChI=1S/C24H26BrN7O3/c1-30(2)9-10-31(3)20-12-22(35-4)19(11-21(20)32(33)34)28-24-27-14-17(25)23(29-24)16-13-26-18-8-6-5-7-15(16)18/h5-8,11-14,26H,9-10H2,1-4H3,(H,27,28,29). The number of fused-ring (bicyclic) bond motifs is 1. The third-order valence-corrected chi connectivity index (χ3v) is 6.20. The lowest BCUT2D eigenvalue weighted by Gasteiger charge is -2.22. The van der Waals surface area contributed by atoms with Gasteiger partial charge < -0.3 is 24.8 Å².